The molecule has 3 aromatic rings. The molecular weight excluding hydrogens is 278 g/mol. The van der Waals surface area contributed by atoms with E-state index in [0.29, 0.717) is 0 Å². The van der Waals surface area contributed by atoms with E-state index in [1.165, 1.54) is 0 Å². The molecule has 0 aliphatic rings. The van der Waals surface area contributed by atoms with Crippen LogP contribution in [0.5, 0.6) is 0 Å². The lowest BCUT2D eigenvalue weighted by atomic mass is 10.2. The minimum absolute atomic E-state index is 0.782. The zero-order valence-corrected chi connectivity index (χ0v) is 10.8. The molecule has 0 amide bonds. The van der Waals surface area contributed by atoms with Gasteiger partial charge in [0.25, 0.3) is 0 Å². The largest absolute Gasteiger partial charge is 0.326 e. The Kier molecular flexibility index (Phi) is 2.44. The van der Waals surface area contributed by atoms with Crippen LogP contribution in [0.4, 0.5) is 0 Å². The summed E-state index contributed by atoms with van der Waals surface area (Å²) in [6.07, 6.45) is 1.76. The van der Waals surface area contributed by atoms with E-state index >= 15 is 0 Å². The predicted molar refractivity (Wildman–Crippen MR) is 71.6 cm³/mol. The zero-order valence-electron chi connectivity index (χ0n) is 9.26. The number of aryl methyl sites for hydroxylation is 1. The maximum atomic E-state index is 4.55. The molecule has 84 valence electrons. The van der Waals surface area contributed by atoms with Gasteiger partial charge in [-0.25, -0.2) is 9.97 Å². The summed E-state index contributed by atoms with van der Waals surface area (Å²) in [7, 11) is 2.01. The van der Waals surface area contributed by atoms with Gasteiger partial charge in [-0.2, -0.15) is 0 Å². The standard InChI is InChI=1S/C13H10BrN3/c1-17-11-6-3-7-15-12(11)16-13(17)9-4-2-5-10(14)8-9/h2-8H,1H3. The molecule has 0 fully saturated rings. The maximum Gasteiger partial charge on any atom is 0.178 e. The van der Waals surface area contributed by atoms with Crippen molar-refractivity contribution in [2.24, 2.45) is 7.05 Å². The number of pyridine rings is 1. The topological polar surface area (TPSA) is 30.7 Å². The second-order valence-electron chi connectivity index (χ2n) is 3.85. The lowest BCUT2D eigenvalue weighted by Crippen LogP contribution is -1.92. The van der Waals surface area contributed by atoms with Crippen molar-refractivity contribution in [1.29, 1.82) is 0 Å². The first-order chi connectivity index (χ1) is 8.25. The van der Waals surface area contributed by atoms with Crippen LogP contribution in [0.1, 0.15) is 0 Å². The van der Waals surface area contributed by atoms with Gasteiger partial charge in [-0.05, 0) is 24.3 Å². The molecule has 0 atom stereocenters. The molecule has 0 radical (unpaired) electrons. The summed E-state index contributed by atoms with van der Waals surface area (Å²) in [6.45, 7) is 0. The molecular formula is C13H10BrN3. The lowest BCUT2D eigenvalue weighted by Gasteiger charge is -2.02. The second-order valence-corrected chi connectivity index (χ2v) is 4.77. The summed E-state index contributed by atoms with van der Waals surface area (Å²) in [5, 5.41) is 0. The summed E-state index contributed by atoms with van der Waals surface area (Å²) in [5.74, 6) is 0.931. The van der Waals surface area contributed by atoms with Crippen LogP contribution in [0.3, 0.4) is 0 Å². The Bertz CT molecular complexity index is 688. The quantitative estimate of drug-likeness (QED) is 0.687. The summed E-state index contributed by atoms with van der Waals surface area (Å²) in [5.41, 5.74) is 2.91. The average molecular weight is 288 g/mol. The van der Waals surface area contributed by atoms with Crippen LogP contribution >= 0.6 is 15.9 Å². The number of hydrogen-bond acceptors (Lipinski definition) is 2. The molecule has 4 heteroatoms. The average Bonchev–Trinajstić information content (AvgIpc) is 2.68. The molecule has 0 spiro atoms. The number of rotatable bonds is 1. The number of nitrogens with zero attached hydrogens (tertiary/aromatic N) is 3. The van der Waals surface area contributed by atoms with Gasteiger partial charge < -0.3 is 4.57 Å². The fourth-order valence-electron chi connectivity index (χ4n) is 1.91. The number of halogens is 1. The molecule has 3 nitrogen and oxygen atoms in total. The van der Waals surface area contributed by atoms with Gasteiger partial charge >= 0.3 is 0 Å². The molecule has 17 heavy (non-hydrogen) atoms. The summed E-state index contributed by atoms with van der Waals surface area (Å²) in [4.78, 5) is 8.82. The van der Waals surface area contributed by atoms with Crippen LogP contribution in [0.25, 0.3) is 22.6 Å². The molecule has 0 saturated heterocycles. The number of aromatic nitrogens is 3. The van der Waals surface area contributed by atoms with Crippen molar-refractivity contribution >= 4 is 27.1 Å². The van der Waals surface area contributed by atoms with Crippen molar-refractivity contribution in [2.45, 2.75) is 0 Å². The highest BCUT2D eigenvalue weighted by Gasteiger charge is 2.09. The monoisotopic (exact) mass is 287 g/mol. The molecule has 1 aromatic carbocycles. The van der Waals surface area contributed by atoms with Gasteiger partial charge in [0, 0.05) is 23.3 Å². The van der Waals surface area contributed by atoms with Gasteiger partial charge in [0.05, 0.1) is 5.52 Å². The minimum atomic E-state index is 0.782. The number of benzene rings is 1. The number of fused-ring (bicyclic) bond motifs is 1. The van der Waals surface area contributed by atoms with Crippen molar-refractivity contribution < 1.29 is 0 Å². The molecule has 0 bridgehead atoms. The van der Waals surface area contributed by atoms with Crippen LogP contribution < -0.4 is 0 Å². The molecule has 0 unspecified atom stereocenters. The predicted octanol–water partition coefficient (Wildman–Crippen LogP) is 3.40. The Balaban J connectivity index is 2.27. The Morgan fingerprint density at radius 3 is 2.82 bits per heavy atom. The Morgan fingerprint density at radius 2 is 2.06 bits per heavy atom. The third kappa shape index (κ3) is 1.74. The van der Waals surface area contributed by atoms with Crippen LogP contribution in [0, 0.1) is 0 Å². The van der Waals surface area contributed by atoms with E-state index in [0.717, 1.165) is 27.0 Å². The van der Waals surface area contributed by atoms with Gasteiger partial charge in [0.15, 0.2) is 5.65 Å². The van der Waals surface area contributed by atoms with Crippen molar-refractivity contribution in [3.05, 3.63) is 47.1 Å². The van der Waals surface area contributed by atoms with E-state index in [2.05, 4.69) is 36.5 Å². The van der Waals surface area contributed by atoms with Crippen LogP contribution in [-0.4, -0.2) is 14.5 Å². The first kappa shape index (κ1) is 10.5. The van der Waals surface area contributed by atoms with Crippen molar-refractivity contribution in [3.8, 4) is 11.4 Å². The van der Waals surface area contributed by atoms with Gasteiger partial charge in [-0.3, -0.25) is 0 Å². The van der Waals surface area contributed by atoms with E-state index in [1.54, 1.807) is 6.20 Å². The van der Waals surface area contributed by atoms with Crippen molar-refractivity contribution in [1.82, 2.24) is 14.5 Å². The fourth-order valence-corrected chi connectivity index (χ4v) is 2.31. The smallest absolute Gasteiger partial charge is 0.178 e. The highest BCUT2D eigenvalue weighted by molar-refractivity contribution is 9.10. The molecule has 2 aromatic heterocycles. The molecule has 0 aliphatic heterocycles. The summed E-state index contributed by atoms with van der Waals surface area (Å²) in [6, 6.07) is 12.1. The third-order valence-electron chi connectivity index (χ3n) is 2.74. The SMILES string of the molecule is Cn1c(-c2cccc(Br)c2)nc2ncccc21. The fraction of sp³-hybridized carbons (Fsp3) is 0.0769. The molecule has 3 rings (SSSR count). The van der Waals surface area contributed by atoms with Crippen LogP contribution in [-0.2, 0) is 7.05 Å². The van der Waals surface area contributed by atoms with Crippen molar-refractivity contribution in [2.75, 3.05) is 0 Å². The van der Waals surface area contributed by atoms with Gasteiger partial charge in [-0.1, -0.05) is 28.1 Å². The van der Waals surface area contributed by atoms with Gasteiger partial charge in [0.2, 0.25) is 0 Å². The Labute approximate surface area is 107 Å². The lowest BCUT2D eigenvalue weighted by molar-refractivity contribution is 0.959. The highest BCUT2D eigenvalue weighted by Crippen LogP contribution is 2.24. The summed E-state index contributed by atoms with van der Waals surface area (Å²) >= 11 is 3.48. The normalized spacial score (nSPS) is 10.9. The van der Waals surface area contributed by atoms with Gasteiger partial charge in [0.1, 0.15) is 5.82 Å². The first-order valence-electron chi connectivity index (χ1n) is 5.29. The number of hydrogen-bond donors (Lipinski definition) is 0. The van der Waals surface area contributed by atoms with E-state index in [9.17, 15) is 0 Å². The van der Waals surface area contributed by atoms with E-state index in [4.69, 9.17) is 0 Å². The second kappa shape index (κ2) is 3.96. The Hall–Kier alpha value is -1.68. The minimum Gasteiger partial charge on any atom is -0.326 e. The van der Waals surface area contributed by atoms with E-state index < -0.39 is 0 Å². The Morgan fingerprint density at radius 1 is 1.18 bits per heavy atom. The summed E-state index contributed by atoms with van der Waals surface area (Å²) < 4.78 is 3.11. The van der Waals surface area contributed by atoms with E-state index in [-0.39, 0.29) is 0 Å². The highest BCUT2D eigenvalue weighted by atomic mass is 79.9. The van der Waals surface area contributed by atoms with Crippen LogP contribution in [0.2, 0.25) is 0 Å². The molecule has 0 aliphatic carbocycles. The zero-order chi connectivity index (χ0) is 11.8. The first-order valence-corrected chi connectivity index (χ1v) is 6.08. The molecule has 0 saturated carbocycles. The third-order valence-corrected chi connectivity index (χ3v) is 3.23. The van der Waals surface area contributed by atoms with Crippen LogP contribution in [0.15, 0.2) is 47.1 Å². The molecule has 2 heterocycles. The van der Waals surface area contributed by atoms with Crippen molar-refractivity contribution in [3.63, 3.8) is 0 Å². The van der Waals surface area contributed by atoms with Gasteiger partial charge in [-0.15, -0.1) is 0 Å². The number of imidazole rings is 1. The van der Waals surface area contributed by atoms with E-state index in [1.807, 2.05) is 37.4 Å². The maximum absolute atomic E-state index is 4.55. The molecule has 0 N–H and O–H groups in total.